The largest absolute Gasteiger partial charge is 0.492 e. The van der Waals surface area contributed by atoms with Crippen molar-refractivity contribution in [2.45, 2.75) is 51.1 Å². The number of nitrogens with one attached hydrogen (secondary N) is 4. The molecule has 0 saturated carbocycles. The van der Waals surface area contributed by atoms with Gasteiger partial charge in [-0.3, -0.25) is 24.8 Å². The van der Waals surface area contributed by atoms with Gasteiger partial charge in [0.05, 0.1) is 4.90 Å². The molecule has 0 aliphatic carbocycles. The first kappa shape index (κ1) is 37.7. The van der Waals surface area contributed by atoms with Gasteiger partial charge < -0.3 is 15.4 Å². The van der Waals surface area contributed by atoms with Crippen molar-refractivity contribution in [3.8, 4) is 5.75 Å². The summed E-state index contributed by atoms with van der Waals surface area (Å²) in [6.45, 7) is 13.8. The number of ether oxygens (including phenoxy) is 1. The van der Waals surface area contributed by atoms with Gasteiger partial charge >= 0.3 is 6.03 Å². The predicted octanol–water partition coefficient (Wildman–Crippen LogP) is 4.99. The summed E-state index contributed by atoms with van der Waals surface area (Å²) >= 11 is 0. The average Bonchev–Trinajstić information content (AvgIpc) is 3.11. The van der Waals surface area contributed by atoms with Gasteiger partial charge in [-0.1, -0.05) is 18.2 Å². The molecule has 0 radical (unpaired) electrons. The van der Waals surface area contributed by atoms with Crippen LogP contribution < -0.4 is 30.3 Å². The van der Waals surface area contributed by atoms with Crippen LogP contribution in [-0.2, 0) is 21.4 Å². The van der Waals surface area contributed by atoms with Crippen molar-refractivity contribution in [1.29, 1.82) is 0 Å². The van der Waals surface area contributed by atoms with Gasteiger partial charge in [-0.05, 0) is 87.9 Å². The van der Waals surface area contributed by atoms with E-state index in [0.29, 0.717) is 37.0 Å². The molecule has 3 heterocycles. The summed E-state index contributed by atoms with van der Waals surface area (Å²) in [6.07, 6.45) is 2.02. The lowest BCUT2D eigenvalue weighted by atomic mass is 10.1. The van der Waals surface area contributed by atoms with E-state index < -0.39 is 15.6 Å². The van der Waals surface area contributed by atoms with Crippen molar-refractivity contribution >= 4 is 50.8 Å². The normalized spacial score (nSPS) is 16.0. The molecule has 4 aromatic rings. The summed E-state index contributed by atoms with van der Waals surface area (Å²) in [5.74, 6) is 1.49. The van der Waals surface area contributed by atoms with Crippen LogP contribution in [0.15, 0.2) is 83.9 Å². The number of urea groups is 1. The van der Waals surface area contributed by atoms with Crippen LogP contribution in [0.25, 0.3) is 0 Å². The van der Waals surface area contributed by atoms with Crippen LogP contribution in [0.5, 0.6) is 5.75 Å². The number of rotatable bonds is 13. The van der Waals surface area contributed by atoms with Crippen molar-refractivity contribution in [1.82, 2.24) is 29.8 Å². The summed E-state index contributed by atoms with van der Waals surface area (Å²) < 4.78 is 34.4. The van der Waals surface area contributed by atoms with Crippen LogP contribution in [0.1, 0.15) is 38.3 Å². The van der Waals surface area contributed by atoms with Crippen molar-refractivity contribution in [3.05, 3.63) is 90.1 Å². The molecule has 2 aliphatic rings. The Morgan fingerprint density at radius 1 is 0.868 bits per heavy atom. The van der Waals surface area contributed by atoms with Crippen LogP contribution in [0.2, 0.25) is 0 Å². The molecule has 2 fully saturated rings. The SMILES string of the molecule is Cc1cnc(Nc2ccc(OCCN3CCN(Cc4ccc(N5CCC(=O)NC5=O)cc4)CC3)cc2)nc1Nc1cccc(S(=O)(=O)NC(C)(C)C)c1. The Bertz CT molecular complexity index is 2010. The number of nitrogens with zero attached hydrogens (tertiary/aromatic N) is 5. The van der Waals surface area contributed by atoms with Crippen LogP contribution in [0, 0.1) is 6.92 Å². The number of amides is 3. The third kappa shape index (κ3) is 10.5. The first-order chi connectivity index (χ1) is 25.3. The molecule has 14 nitrogen and oxygen atoms in total. The van der Waals surface area contributed by atoms with Gasteiger partial charge in [-0.2, -0.15) is 4.98 Å². The summed E-state index contributed by atoms with van der Waals surface area (Å²) in [7, 11) is -3.69. The highest BCUT2D eigenvalue weighted by Crippen LogP contribution is 2.25. The van der Waals surface area contributed by atoms with E-state index in [1.807, 2.05) is 55.5 Å². The van der Waals surface area contributed by atoms with E-state index in [-0.39, 0.29) is 16.8 Å². The smallest absolute Gasteiger partial charge is 0.328 e. The van der Waals surface area contributed by atoms with E-state index in [1.54, 1.807) is 56.1 Å². The van der Waals surface area contributed by atoms with E-state index in [9.17, 15) is 18.0 Å². The lowest BCUT2D eigenvalue weighted by Gasteiger charge is -2.34. The van der Waals surface area contributed by atoms with E-state index in [2.05, 4.69) is 40.4 Å². The standard InChI is InChI=1S/C38H47N9O5S/c1-27-25-39-36(43-35(27)40-30-6-5-7-33(24-30)53(50,51)44-38(2,3)4)41-29-10-14-32(15-11-29)52-23-22-45-18-20-46(21-19-45)26-28-8-12-31(13-9-28)47-17-16-34(48)42-37(47)49/h5-15,24-25,44H,16-23,26H2,1-4H3,(H,42,48,49)(H2,39,40,41,43). The van der Waals surface area contributed by atoms with Crippen molar-refractivity contribution < 1.29 is 22.7 Å². The molecule has 0 atom stereocenters. The first-order valence-electron chi connectivity index (χ1n) is 17.7. The Hall–Kier alpha value is -5.09. The zero-order valence-corrected chi connectivity index (χ0v) is 31.4. The van der Waals surface area contributed by atoms with Crippen LogP contribution >= 0.6 is 0 Å². The lowest BCUT2D eigenvalue weighted by molar-refractivity contribution is -0.120. The fourth-order valence-corrected chi connectivity index (χ4v) is 7.51. The molecular weight excluding hydrogens is 695 g/mol. The summed E-state index contributed by atoms with van der Waals surface area (Å²) in [6, 6.07) is 21.9. The Morgan fingerprint density at radius 3 is 2.28 bits per heavy atom. The van der Waals surface area contributed by atoms with E-state index in [0.717, 1.165) is 62.0 Å². The highest BCUT2D eigenvalue weighted by Gasteiger charge is 2.25. The number of aryl methyl sites for hydroxylation is 1. The molecule has 280 valence electrons. The van der Waals surface area contributed by atoms with Gasteiger partial charge in [0.15, 0.2) is 0 Å². The van der Waals surface area contributed by atoms with Crippen LogP contribution in [0.4, 0.5) is 33.6 Å². The number of hydrogen-bond acceptors (Lipinski definition) is 11. The maximum Gasteiger partial charge on any atom is 0.328 e. The number of carbonyl (C=O) groups excluding carboxylic acids is 2. The number of hydrogen-bond donors (Lipinski definition) is 4. The predicted molar refractivity (Wildman–Crippen MR) is 205 cm³/mol. The maximum atomic E-state index is 12.8. The molecule has 1 aromatic heterocycles. The highest BCUT2D eigenvalue weighted by molar-refractivity contribution is 7.89. The molecule has 2 saturated heterocycles. The van der Waals surface area contributed by atoms with Gasteiger partial charge in [-0.25, -0.2) is 22.9 Å². The Labute approximate surface area is 311 Å². The molecule has 0 unspecified atom stereocenters. The molecule has 3 amide bonds. The molecule has 4 N–H and O–H groups in total. The van der Waals surface area contributed by atoms with Gasteiger partial charge in [0, 0.05) is 86.6 Å². The quantitative estimate of drug-likeness (QED) is 0.146. The Morgan fingerprint density at radius 2 is 1.58 bits per heavy atom. The van der Waals surface area contributed by atoms with Crippen molar-refractivity contribution in [2.24, 2.45) is 0 Å². The minimum absolute atomic E-state index is 0.163. The molecule has 15 heteroatoms. The van der Waals surface area contributed by atoms with Gasteiger partial charge in [0.1, 0.15) is 18.2 Å². The van der Waals surface area contributed by atoms with Crippen molar-refractivity contribution in [3.63, 3.8) is 0 Å². The van der Waals surface area contributed by atoms with E-state index in [1.165, 1.54) is 5.56 Å². The van der Waals surface area contributed by atoms with Gasteiger partial charge in [0.2, 0.25) is 21.9 Å². The van der Waals surface area contributed by atoms with Gasteiger partial charge in [0.25, 0.3) is 0 Å². The topological polar surface area (TPSA) is 161 Å². The molecule has 6 rings (SSSR count). The number of anilines is 5. The first-order valence-corrected chi connectivity index (χ1v) is 19.2. The second-order valence-corrected chi connectivity index (χ2v) is 16.0. The summed E-state index contributed by atoms with van der Waals surface area (Å²) in [4.78, 5) is 39.2. The Balaban J connectivity index is 0.933. The number of benzene rings is 3. The number of piperazine rings is 1. The van der Waals surface area contributed by atoms with E-state index >= 15 is 0 Å². The van der Waals surface area contributed by atoms with Crippen LogP contribution in [0.3, 0.4) is 0 Å². The van der Waals surface area contributed by atoms with Crippen LogP contribution in [-0.4, -0.2) is 91.5 Å². The molecule has 0 spiro atoms. The molecule has 3 aromatic carbocycles. The fourth-order valence-electron chi connectivity index (χ4n) is 6.05. The lowest BCUT2D eigenvalue weighted by Crippen LogP contribution is -2.49. The minimum atomic E-state index is -3.69. The number of imide groups is 1. The van der Waals surface area contributed by atoms with E-state index in [4.69, 9.17) is 4.74 Å². The zero-order chi connectivity index (χ0) is 37.6. The molecule has 0 bridgehead atoms. The minimum Gasteiger partial charge on any atom is -0.492 e. The maximum absolute atomic E-state index is 12.8. The number of aromatic nitrogens is 2. The zero-order valence-electron chi connectivity index (χ0n) is 30.6. The van der Waals surface area contributed by atoms with Crippen molar-refractivity contribution in [2.75, 3.05) is 61.4 Å². The highest BCUT2D eigenvalue weighted by atomic mass is 32.2. The summed E-state index contributed by atoms with van der Waals surface area (Å²) in [5, 5.41) is 8.83. The summed E-state index contributed by atoms with van der Waals surface area (Å²) in [5.41, 5.74) is 3.57. The number of carbonyl (C=O) groups is 2. The average molecular weight is 742 g/mol. The van der Waals surface area contributed by atoms with Gasteiger partial charge in [-0.15, -0.1) is 0 Å². The molecule has 53 heavy (non-hydrogen) atoms. The monoisotopic (exact) mass is 741 g/mol. The molecular formula is C38H47N9O5S. The second kappa shape index (κ2) is 16.3. The fraction of sp³-hybridized carbons (Fsp3) is 0.368. The third-order valence-electron chi connectivity index (χ3n) is 8.78. The number of sulfonamides is 1. The second-order valence-electron chi connectivity index (χ2n) is 14.3. The Kier molecular flexibility index (Phi) is 11.6. The third-order valence-corrected chi connectivity index (χ3v) is 10.5. The molecule has 2 aliphatic heterocycles.